The number of oxazole rings is 1. The molecule has 4 aromatic heterocycles. The number of rotatable bonds is 4. The van der Waals surface area contributed by atoms with Gasteiger partial charge in [0.15, 0.2) is 18.0 Å². The number of aromatic nitrogens is 5. The zero-order valence-electron chi connectivity index (χ0n) is 18.7. The lowest BCUT2D eigenvalue weighted by Gasteiger charge is -2.12. The molecule has 1 aromatic carbocycles. The number of carbonyl (C=O) groups excluding carboxylic acids is 1. The summed E-state index contributed by atoms with van der Waals surface area (Å²) in [5.41, 5.74) is 10.4. The van der Waals surface area contributed by atoms with E-state index in [-0.39, 0.29) is 11.3 Å². The summed E-state index contributed by atoms with van der Waals surface area (Å²) in [6, 6.07) is 8.55. The van der Waals surface area contributed by atoms with Crippen molar-refractivity contribution in [3.8, 4) is 22.5 Å². The van der Waals surface area contributed by atoms with Crippen molar-refractivity contribution < 1.29 is 13.7 Å². The molecule has 4 N–H and O–H groups in total. The monoisotopic (exact) mass is 458 g/mol. The van der Waals surface area contributed by atoms with Crippen LogP contribution in [0.25, 0.3) is 28.0 Å². The number of nitrogens with one attached hydrogen (secondary N) is 2. The normalized spacial score (nSPS) is 11.6. The first-order valence-corrected chi connectivity index (χ1v) is 10.5. The van der Waals surface area contributed by atoms with Gasteiger partial charge in [0.25, 0.3) is 0 Å². The highest BCUT2D eigenvalue weighted by molar-refractivity contribution is 6.00. The van der Waals surface area contributed by atoms with E-state index in [1.807, 2.05) is 39.1 Å². The lowest BCUT2D eigenvalue weighted by Crippen LogP contribution is -2.19. The lowest BCUT2D eigenvalue weighted by atomic mass is 9.92. The summed E-state index contributed by atoms with van der Waals surface area (Å²) in [7, 11) is 0. The summed E-state index contributed by atoms with van der Waals surface area (Å²) in [4.78, 5) is 20.6. The van der Waals surface area contributed by atoms with E-state index < -0.39 is 6.03 Å². The van der Waals surface area contributed by atoms with Crippen LogP contribution >= 0.6 is 0 Å². The van der Waals surface area contributed by atoms with Crippen molar-refractivity contribution in [3.05, 3.63) is 61.1 Å². The smallest absolute Gasteiger partial charge is 0.326 e. The number of amides is 2. The quantitative estimate of drug-likeness (QED) is 0.355. The Morgan fingerprint density at radius 1 is 1.15 bits per heavy atom. The van der Waals surface area contributed by atoms with Crippen molar-refractivity contribution in [2.75, 3.05) is 16.4 Å². The van der Waals surface area contributed by atoms with Gasteiger partial charge in [0.05, 0.1) is 11.9 Å². The van der Waals surface area contributed by atoms with Crippen molar-refractivity contribution in [1.29, 1.82) is 0 Å². The standard InChI is InChI=1S/C23H22N8O3/c1-23(2,3)17-8-18(34-30-17)29-22(32)28-14-6-4-13(5-7-14)19-15(16-9-25-12-33-16)10-31-20(19)21(24)26-11-27-31/h4-12H,1-3H3,(H2,24,26,27)(H2,28,29,32). The van der Waals surface area contributed by atoms with Crippen LogP contribution in [0.5, 0.6) is 0 Å². The third-order valence-corrected chi connectivity index (χ3v) is 5.25. The van der Waals surface area contributed by atoms with Gasteiger partial charge in [0.1, 0.15) is 11.8 Å². The maximum Gasteiger partial charge on any atom is 0.326 e. The molecule has 11 nitrogen and oxygen atoms in total. The molecule has 0 saturated heterocycles. The van der Waals surface area contributed by atoms with Gasteiger partial charge in [-0.1, -0.05) is 38.1 Å². The highest BCUT2D eigenvalue weighted by atomic mass is 16.5. The largest absolute Gasteiger partial charge is 0.443 e. The van der Waals surface area contributed by atoms with E-state index >= 15 is 0 Å². The molecular weight excluding hydrogens is 436 g/mol. The van der Waals surface area contributed by atoms with E-state index in [1.165, 1.54) is 12.7 Å². The fraction of sp³-hybridized carbons (Fsp3) is 0.174. The summed E-state index contributed by atoms with van der Waals surface area (Å²) >= 11 is 0. The van der Waals surface area contributed by atoms with Crippen LogP contribution in [0.4, 0.5) is 22.2 Å². The minimum absolute atomic E-state index is 0.183. The summed E-state index contributed by atoms with van der Waals surface area (Å²) in [6.07, 6.45) is 6.19. The van der Waals surface area contributed by atoms with Crippen molar-refractivity contribution >= 4 is 28.9 Å². The molecule has 0 aliphatic carbocycles. The number of fused-ring (bicyclic) bond motifs is 1. The number of nitrogen functional groups attached to an aromatic ring is 1. The van der Waals surface area contributed by atoms with E-state index in [0.29, 0.717) is 22.8 Å². The number of nitrogens with two attached hydrogens (primary N) is 1. The Kier molecular flexibility index (Phi) is 5.01. The molecule has 2 amide bonds. The zero-order valence-corrected chi connectivity index (χ0v) is 18.7. The van der Waals surface area contributed by atoms with Crippen LogP contribution in [0.3, 0.4) is 0 Å². The molecule has 0 aliphatic rings. The average molecular weight is 458 g/mol. The molecule has 0 spiro atoms. The third kappa shape index (κ3) is 3.94. The molecule has 4 heterocycles. The van der Waals surface area contributed by atoms with Crippen LogP contribution in [0.2, 0.25) is 0 Å². The topological polar surface area (TPSA) is 149 Å². The summed E-state index contributed by atoms with van der Waals surface area (Å²) in [5, 5.41) is 13.7. The number of carbonyl (C=O) groups is 1. The van der Waals surface area contributed by atoms with Gasteiger partial charge >= 0.3 is 6.03 Å². The van der Waals surface area contributed by atoms with Gasteiger partial charge in [-0.05, 0) is 17.7 Å². The van der Waals surface area contributed by atoms with Crippen LogP contribution in [-0.4, -0.2) is 30.8 Å². The number of hydrogen-bond acceptors (Lipinski definition) is 8. The van der Waals surface area contributed by atoms with Crippen LogP contribution in [-0.2, 0) is 5.41 Å². The Morgan fingerprint density at radius 3 is 2.62 bits per heavy atom. The maximum absolute atomic E-state index is 12.4. The van der Waals surface area contributed by atoms with Gasteiger partial charge in [-0.25, -0.2) is 19.3 Å². The maximum atomic E-state index is 12.4. The van der Waals surface area contributed by atoms with Gasteiger partial charge in [-0.15, -0.1) is 0 Å². The molecule has 172 valence electrons. The van der Waals surface area contributed by atoms with E-state index in [1.54, 1.807) is 28.9 Å². The van der Waals surface area contributed by atoms with E-state index in [0.717, 1.165) is 22.4 Å². The molecule has 0 bridgehead atoms. The molecule has 0 unspecified atom stereocenters. The highest BCUT2D eigenvalue weighted by Gasteiger charge is 2.21. The first kappa shape index (κ1) is 21.2. The van der Waals surface area contributed by atoms with Gasteiger partial charge < -0.3 is 20.0 Å². The zero-order chi connectivity index (χ0) is 23.9. The van der Waals surface area contributed by atoms with Gasteiger partial charge in [-0.2, -0.15) is 5.10 Å². The second-order valence-corrected chi connectivity index (χ2v) is 8.70. The Balaban J connectivity index is 1.40. The van der Waals surface area contributed by atoms with Crippen LogP contribution < -0.4 is 16.4 Å². The molecule has 5 aromatic rings. The van der Waals surface area contributed by atoms with Crippen LogP contribution in [0.15, 0.2) is 64.4 Å². The lowest BCUT2D eigenvalue weighted by molar-refractivity contribution is 0.261. The van der Waals surface area contributed by atoms with Crippen LogP contribution in [0, 0.1) is 0 Å². The number of urea groups is 1. The number of benzene rings is 1. The van der Waals surface area contributed by atoms with Gasteiger partial charge in [-0.3, -0.25) is 5.32 Å². The Labute approximate surface area is 194 Å². The molecule has 0 saturated carbocycles. The first-order chi connectivity index (χ1) is 16.3. The summed E-state index contributed by atoms with van der Waals surface area (Å²) in [6.45, 7) is 6.04. The van der Waals surface area contributed by atoms with E-state index in [4.69, 9.17) is 14.7 Å². The second-order valence-electron chi connectivity index (χ2n) is 8.70. The van der Waals surface area contributed by atoms with Crippen molar-refractivity contribution in [2.24, 2.45) is 0 Å². The molecule has 0 fully saturated rings. The Bertz CT molecular complexity index is 1460. The van der Waals surface area contributed by atoms with Crippen molar-refractivity contribution in [3.63, 3.8) is 0 Å². The first-order valence-electron chi connectivity index (χ1n) is 10.5. The predicted octanol–water partition coefficient (Wildman–Crippen LogP) is 4.56. The Morgan fingerprint density at radius 2 is 1.94 bits per heavy atom. The third-order valence-electron chi connectivity index (χ3n) is 5.25. The second kappa shape index (κ2) is 8.03. The molecular formula is C23H22N8O3. The molecule has 0 aliphatic heterocycles. The van der Waals surface area contributed by atoms with E-state index in [9.17, 15) is 4.79 Å². The summed E-state index contributed by atoms with van der Waals surface area (Å²) in [5.74, 6) is 1.17. The fourth-order valence-electron chi connectivity index (χ4n) is 3.54. The molecule has 11 heteroatoms. The van der Waals surface area contributed by atoms with Crippen molar-refractivity contribution in [2.45, 2.75) is 26.2 Å². The highest BCUT2D eigenvalue weighted by Crippen LogP contribution is 2.38. The Hall–Kier alpha value is -4.67. The molecule has 0 atom stereocenters. The van der Waals surface area contributed by atoms with Gasteiger partial charge in [0.2, 0.25) is 5.88 Å². The molecule has 0 radical (unpaired) electrons. The number of anilines is 3. The minimum atomic E-state index is -0.446. The minimum Gasteiger partial charge on any atom is -0.443 e. The summed E-state index contributed by atoms with van der Waals surface area (Å²) < 4.78 is 12.4. The fourth-order valence-corrected chi connectivity index (χ4v) is 3.54. The average Bonchev–Trinajstić information content (AvgIpc) is 3.53. The molecule has 5 rings (SSSR count). The van der Waals surface area contributed by atoms with E-state index in [2.05, 4.69) is 30.9 Å². The van der Waals surface area contributed by atoms with Gasteiger partial charge in [0, 0.05) is 34.5 Å². The van der Waals surface area contributed by atoms with Crippen molar-refractivity contribution in [1.82, 2.24) is 24.7 Å². The number of hydrogen-bond donors (Lipinski definition) is 3. The SMILES string of the molecule is CC(C)(C)c1cc(NC(=O)Nc2ccc(-c3c(-c4cnco4)cn4ncnc(N)c34)cc2)on1. The molecule has 34 heavy (non-hydrogen) atoms. The predicted molar refractivity (Wildman–Crippen MR) is 126 cm³/mol. The number of nitrogens with zero attached hydrogens (tertiary/aromatic N) is 5. The van der Waals surface area contributed by atoms with Crippen LogP contribution in [0.1, 0.15) is 26.5 Å².